The highest BCUT2D eigenvalue weighted by Crippen LogP contribution is 2.16. The van der Waals surface area contributed by atoms with Gasteiger partial charge >= 0.3 is 0 Å². The third-order valence-corrected chi connectivity index (χ3v) is 7.14. The first-order valence-electron chi connectivity index (χ1n) is 15.3. The van der Waals surface area contributed by atoms with Gasteiger partial charge in [0.25, 0.3) is 0 Å². The summed E-state index contributed by atoms with van der Waals surface area (Å²) in [5, 5.41) is 9.13. The monoisotopic (exact) mass is 451 g/mol. The molecule has 0 aliphatic rings. The molecular weight excluding hydrogens is 388 g/mol. The Labute approximate surface area is 204 Å². The molecule has 1 atom stereocenters. The molecule has 1 N–H and O–H groups in total. The predicted molar refractivity (Wildman–Crippen MR) is 146 cm³/mol. The minimum atomic E-state index is -0.353. The van der Waals surface area contributed by atoms with E-state index in [9.17, 15) is 0 Å². The summed E-state index contributed by atoms with van der Waals surface area (Å²) in [5.41, 5.74) is 0. The summed E-state index contributed by atoms with van der Waals surface area (Å²) in [7, 11) is 0. The van der Waals surface area contributed by atoms with Crippen LogP contribution in [0.5, 0.6) is 0 Å². The van der Waals surface area contributed by atoms with Crippen molar-refractivity contribution in [2.75, 3.05) is 0 Å². The van der Waals surface area contributed by atoms with Gasteiger partial charge in [0.2, 0.25) is 0 Å². The van der Waals surface area contributed by atoms with Crippen molar-refractivity contribution in [2.24, 2.45) is 0 Å². The van der Waals surface area contributed by atoms with Gasteiger partial charge in [-0.25, -0.2) is 0 Å². The lowest BCUT2D eigenvalue weighted by molar-refractivity contribution is 0.205. The zero-order valence-corrected chi connectivity index (χ0v) is 22.5. The van der Waals surface area contributed by atoms with E-state index >= 15 is 0 Å². The molecule has 0 aromatic heterocycles. The minimum Gasteiger partial charge on any atom is -0.393 e. The predicted octanol–water partition coefficient (Wildman–Crippen LogP) is 11.1. The topological polar surface area (TPSA) is 20.2 Å². The lowest BCUT2D eigenvalue weighted by Crippen LogP contribution is -1.98. The number of rotatable bonds is 28. The van der Waals surface area contributed by atoms with Crippen LogP contribution in [0.15, 0.2) is 0 Å². The number of aliphatic hydroxyl groups excluding tert-OH is 1. The number of hydrogen-bond donors (Lipinski definition) is 1. The lowest BCUT2D eigenvalue weighted by Gasteiger charge is -2.05. The van der Waals surface area contributed by atoms with E-state index in [0.29, 0.717) is 0 Å². The van der Waals surface area contributed by atoms with Gasteiger partial charge in [-0.2, -0.15) is 0 Å². The lowest BCUT2D eigenvalue weighted by atomic mass is 10.0. The van der Waals surface area contributed by atoms with E-state index in [2.05, 4.69) is 13.8 Å². The average molecular weight is 452 g/mol. The molecule has 32 heavy (non-hydrogen) atoms. The summed E-state index contributed by atoms with van der Waals surface area (Å²) in [5.74, 6) is 0. The zero-order chi connectivity index (χ0) is 23.4. The van der Waals surface area contributed by atoms with Crippen LogP contribution in [0.1, 0.15) is 187 Å². The summed E-state index contributed by atoms with van der Waals surface area (Å²) >= 11 is 0. The first-order valence-corrected chi connectivity index (χ1v) is 15.3. The molecule has 0 aliphatic heterocycles. The third-order valence-electron chi connectivity index (χ3n) is 7.14. The fourth-order valence-electron chi connectivity index (χ4n) is 4.87. The fourth-order valence-corrected chi connectivity index (χ4v) is 4.87. The van der Waals surface area contributed by atoms with E-state index in [0.717, 1.165) is 12.8 Å². The van der Waals surface area contributed by atoms with Crippen LogP contribution in [0.4, 0.5) is 0 Å². The maximum absolute atomic E-state index is 9.13. The second-order valence-electron chi connectivity index (χ2n) is 10.6. The molecular formula is C31H63O. The van der Waals surface area contributed by atoms with Crippen LogP contribution in [0.2, 0.25) is 0 Å². The Kier molecular flexibility index (Phi) is 29.0. The van der Waals surface area contributed by atoms with Crippen LogP contribution < -0.4 is 0 Å². The molecule has 0 saturated carbocycles. The second-order valence-corrected chi connectivity index (χ2v) is 10.6. The zero-order valence-electron chi connectivity index (χ0n) is 22.5. The molecule has 0 saturated heterocycles. The van der Waals surface area contributed by atoms with Crippen LogP contribution in [0.25, 0.3) is 0 Å². The Morgan fingerprint density at radius 2 is 0.562 bits per heavy atom. The van der Waals surface area contributed by atoms with E-state index in [-0.39, 0.29) is 6.10 Å². The Balaban J connectivity index is 3.00. The largest absolute Gasteiger partial charge is 0.393 e. The van der Waals surface area contributed by atoms with Crippen molar-refractivity contribution in [2.45, 2.75) is 193 Å². The summed E-state index contributed by atoms with van der Waals surface area (Å²) in [6.45, 7) is 5.93. The molecule has 1 heteroatoms. The van der Waals surface area contributed by atoms with Gasteiger partial charge < -0.3 is 5.11 Å². The number of aliphatic hydroxyl groups is 1. The SMILES string of the molecule is [CH2]C(O)CCCCCCCCCCCCCCCCCCCCCCCCCCCCC. The summed E-state index contributed by atoms with van der Waals surface area (Å²) in [6.07, 6.45) is 39.3. The van der Waals surface area contributed by atoms with Gasteiger partial charge in [-0.3, -0.25) is 0 Å². The second kappa shape index (κ2) is 29.0. The molecule has 0 amide bonds. The van der Waals surface area contributed by atoms with Crippen LogP contribution in [-0.4, -0.2) is 11.2 Å². The Bertz CT molecular complexity index is 312. The van der Waals surface area contributed by atoms with Gasteiger partial charge in [-0.1, -0.05) is 180 Å². The van der Waals surface area contributed by atoms with E-state index < -0.39 is 0 Å². The third kappa shape index (κ3) is 30.0. The highest BCUT2D eigenvalue weighted by Gasteiger charge is 1.97. The summed E-state index contributed by atoms with van der Waals surface area (Å²) < 4.78 is 0. The molecule has 1 nitrogen and oxygen atoms in total. The quantitative estimate of drug-likeness (QED) is 0.117. The fraction of sp³-hybridized carbons (Fsp3) is 0.968. The van der Waals surface area contributed by atoms with E-state index in [4.69, 9.17) is 5.11 Å². The molecule has 0 rings (SSSR count). The molecule has 0 aromatic rings. The van der Waals surface area contributed by atoms with Crippen molar-refractivity contribution in [3.8, 4) is 0 Å². The summed E-state index contributed by atoms with van der Waals surface area (Å²) in [4.78, 5) is 0. The Morgan fingerprint density at radius 1 is 0.375 bits per heavy atom. The van der Waals surface area contributed by atoms with Crippen LogP contribution in [0, 0.1) is 6.92 Å². The smallest absolute Gasteiger partial charge is 0.0541 e. The van der Waals surface area contributed by atoms with Gasteiger partial charge in [0.1, 0.15) is 0 Å². The molecule has 0 bridgehead atoms. The van der Waals surface area contributed by atoms with Gasteiger partial charge in [-0.05, 0) is 13.3 Å². The van der Waals surface area contributed by atoms with Crippen molar-refractivity contribution in [1.82, 2.24) is 0 Å². The minimum absolute atomic E-state index is 0.353. The van der Waals surface area contributed by atoms with E-state index in [1.807, 2.05) is 0 Å². The highest BCUT2D eigenvalue weighted by molar-refractivity contribution is 4.57. The van der Waals surface area contributed by atoms with Crippen LogP contribution >= 0.6 is 0 Å². The maximum atomic E-state index is 9.13. The number of hydrogen-bond acceptors (Lipinski definition) is 1. The Hall–Kier alpha value is -0.0400. The average Bonchev–Trinajstić information content (AvgIpc) is 2.78. The molecule has 0 fully saturated rings. The normalized spacial score (nSPS) is 12.5. The van der Waals surface area contributed by atoms with Gasteiger partial charge in [-0.15, -0.1) is 0 Å². The van der Waals surface area contributed by atoms with Crippen molar-refractivity contribution < 1.29 is 5.11 Å². The van der Waals surface area contributed by atoms with Crippen molar-refractivity contribution in [3.63, 3.8) is 0 Å². The molecule has 0 heterocycles. The van der Waals surface area contributed by atoms with Crippen LogP contribution in [0.3, 0.4) is 0 Å². The van der Waals surface area contributed by atoms with Crippen LogP contribution in [-0.2, 0) is 0 Å². The van der Waals surface area contributed by atoms with E-state index in [1.165, 1.54) is 167 Å². The van der Waals surface area contributed by atoms with E-state index in [1.54, 1.807) is 0 Å². The van der Waals surface area contributed by atoms with Crippen molar-refractivity contribution in [1.29, 1.82) is 0 Å². The Morgan fingerprint density at radius 3 is 0.750 bits per heavy atom. The van der Waals surface area contributed by atoms with Gasteiger partial charge in [0.05, 0.1) is 6.10 Å². The highest BCUT2D eigenvalue weighted by atomic mass is 16.3. The van der Waals surface area contributed by atoms with Crippen molar-refractivity contribution >= 4 is 0 Å². The first kappa shape index (κ1) is 32.0. The van der Waals surface area contributed by atoms with Gasteiger partial charge in [0.15, 0.2) is 0 Å². The maximum Gasteiger partial charge on any atom is 0.0541 e. The number of unbranched alkanes of at least 4 members (excludes halogenated alkanes) is 26. The molecule has 1 radical (unpaired) electrons. The molecule has 0 spiro atoms. The summed E-state index contributed by atoms with van der Waals surface area (Å²) in [6, 6.07) is 0. The molecule has 0 aromatic carbocycles. The standard InChI is InChI=1S/C31H63O/c1-3-4-5-6-7-8-9-10-11-12-13-14-15-16-17-18-19-20-21-22-23-24-25-26-27-28-29-30-31(2)32/h31-32H,2-30H2,1H3. The molecule has 1 unspecified atom stereocenters. The molecule has 0 aliphatic carbocycles. The first-order chi connectivity index (χ1) is 15.8. The van der Waals surface area contributed by atoms with Crippen molar-refractivity contribution in [3.05, 3.63) is 6.92 Å². The molecule has 193 valence electrons. The van der Waals surface area contributed by atoms with Gasteiger partial charge in [0, 0.05) is 0 Å².